The van der Waals surface area contributed by atoms with Crippen LogP contribution < -0.4 is 0 Å². The molecule has 1 aromatic carbocycles. The zero-order valence-corrected chi connectivity index (χ0v) is 13.8. The van der Waals surface area contributed by atoms with Crippen molar-refractivity contribution < 1.29 is 10.2 Å². The first-order valence-corrected chi connectivity index (χ1v) is 8.81. The third kappa shape index (κ3) is 1.86. The Morgan fingerprint density at radius 3 is 2.71 bits per heavy atom. The zero-order valence-electron chi connectivity index (χ0n) is 12.2. The van der Waals surface area contributed by atoms with Crippen molar-refractivity contribution in [3.63, 3.8) is 0 Å². The summed E-state index contributed by atoms with van der Waals surface area (Å²) in [7, 11) is 0. The summed E-state index contributed by atoms with van der Waals surface area (Å²) >= 11 is 3.52. The molecule has 2 nitrogen and oxygen atoms in total. The molecule has 0 aromatic heterocycles. The van der Waals surface area contributed by atoms with Gasteiger partial charge in [-0.3, -0.25) is 0 Å². The van der Waals surface area contributed by atoms with E-state index < -0.39 is 6.10 Å². The van der Waals surface area contributed by atoms with E-state index in [1.165, 1.54) is 24.8 Å². The molecular weight excluding hydrogens is 328 g/mol. The Kier molecular flexibility index (Phi) is 3.20. The number of halogens is 1. The van der Waals surface area contributed by atoms with Crippen LogP contribution in [0.1, 0.15) is 37.3 Å². The van der Waals surface area contributed by atoms with Crippen LogP contribution in [0.3, 0.4) is 0 Å². The van der Waals surface area contributed by atoms with E-state index in [4.69, 9.17) is 0 Å². The van der Waals surface area contributed by atoms with Gasteiger partial charge in [0.25, 0.3) is 0 Å². The second kappa shape index (κ2) is 4.85. The Morgan fingerprint density at radius 2 is 2.00 bits per heavy atom. The Bertz CT molecular complexity index is 622. The molecule has 3 unspecified atom stereocenters. The second-order valence-electron chi connectivity index (χ2n) is 6.84. The molecule has 2 N–H and O–H groups in total. The van der Waals surface area contributed by atoms with Crippen molar-refractivity contribution in [2.75, 3.05) is 0 Å². The largest absolute Gasteiger partial charge is 0.512 e. The van der Waals surface area contributed by atoms with Gasteiger partial charge in [0.05, 0.1) is 6.10 Å². The van der Waals surface area contributed by atoms with Crippen LogP contribution in [0, 0.1) is 23.7 Å². The van der Waals surface area contributed by atoms with E-state index in [1.54, 1.807) is 0 Å². The number of hydrogen-bond donors (Lipinski definition) is 2. The molecule has 21 heavy (non-hydrogen) atoms. The summed E-state index contributed by atoms with van der Waals surface area (Å²) in [6.07, 6.45) is 4.05. The Labute approximate surface area is 134 Å². The predicted octanol–water partition coefficient (Wildman–Crippen LogP) is 4.32. The van der Waals surface area contributed by atoms with Crippen molar-refractivity contribution in [2.45, 2.75) is 38.7 Å². The van der Waals surface area contributed by atoms with Gasteiger partial charge in [-0.05, 0) is 60.8 Å². The fraction of sp³-hybridized carbons (Fsp3) is 0.556. The number of aryl methyl sites for hydroxylation is 1. The molecule has 0 aliphatic heterocycles. The van der Waals surface area contributed by atoms with Gasteiger partial charge in [-0.2, -0.15) is 0 Å². The fourth-order valence-corrected chi connectivity index (χ4v) is 5.49. The Balaban J connectivity index is 1.83. The van der Waals surface area contributed by atoms with Gasteiger partial charge in [0, 0.05) is 21.9 Å². The van der Waals surface area contributed by atoms with Crippen molar-refractivity contribution in [1.82, 2.24) is 0 Å². The Morgan fingerprint density at radius 1 is 1.24 bits per heavy atom. The maximum atomic E-state index is 10.9. The van der Waals surface area contributed by atoms with Crippen molar-refractivity contribution in [2.24, 2.45) is 23.7 Å². The summed E-state index contributed by atoms with van der Waals surface area (Å²) in [6.45, 7) is 2.12. The number of hydrogen-bond acceptors (Lipinski definition) is 2. The van der Waals surface area contributed by atoms with E-state index in [-0.39, 0.29) is 11.8 Å². The number of fused-ring (bicyclic) bond motifs is 5. The predicted molar refractivity (Wildman–Crippen MR) is 86.9 cm³/mol. The van der Waals surface area contributed by atoms with Gasteiger partial charge < -0.3 is 10.2 Å². The van der Waals surface area contributed by atoms with E-state index in [9.17, 15) is 10.2 Å². The van der Waals surface area contributed by atoms with Gasteiger partial charge in [0.1, 0.15) is 5.76 Å². The summed E-state index contributed by atoms with van der Waals surface area (Å²) in [4.78, 5) is 0. The summed E-state index contributed by atoms with van der Waals surface area (Å²) in [5.41, 5.74) is 3.04. The van der Waals surface area contributed by atoms with E-state index in [0.29, 0.717) is 17.6 Å². The summed E-state index contributed by atoms with van der Waals surface area (Å²) < 4.78 is 1.00. The van der Waals surface area contributed by atoms with Gasteiger partial charge >= 0.3 is 0 Å². The molecular formula is C18H21BrO2. The van der Waals surface area contributed by atoms with Crippen LogP contribution >= 0.6 is 15.9 Å². The maximum Gasteiger partial charge on any atom is 0.102 e. The van der Waals surface area contributed by atoms with Crippen molar-refractivity contribution in [3.05, 3.63) is 39.6 Å². The van der Waals surface area contributed by atoms with E-state index in [2.05, 4.69) is 35.0 Å². The van der Waals surface area contributed by atoms with E-state index in [0.717, 1.165) is 22.0 Å². The molecule has 0 amide bonds. The highest BCUT2D eigenvalue weighted by atomic mass is 79.9. The van der Waals surface area contributed by atoms with Crippen LogP contribution in [0.5, 0.6) is 0 Å². The molecule has 3 heteroatoms. The molecule has 0 radical (unpaired) electrons. The average Bonchev–Trinajstić information content (AvgIpc) is 3.13. The average molecular weight is 349 g/mol. The molecule has 112 valence electrons. The molecule has 2 saturated carbocycles. The van der Waals surface area contributed by atoms with Gasteiger partial charge in [0.2, 0.25) is 0 Å². The topological polar surface area (TPSA) is 40.5 Å². The van der Waals surface area contributed by atoms with Crippen LogP contribution in [0.15, 0.2) is 28.4 Å². The van der Waals surface area contributed by atoms with Crippen molar-refractivity contribution >= 4 is 21.5 Å². The molecule has 5 atom stereocenters. The lowest BCUT2D eigenvalue weighted by molar-refractivity contribution is 0.0997. The molecule has 3 aliphatic rings. The first-order valence-electron chi connectivity index (χ1n) is 8.01. The molecule has 1 aromatic rings. The second-order valence-corrected chi connectivity index (χ2v) is 7.75. The van der Waals surface area contributed by atoms with Gasteiger partial charge in [-0.25, -0.2) is 0 Å². The standard InChI is InChI=1S/C18H21BrO2/c1-2-9-5-6-12(19)8-13(9)16-17(20)14-10-3-4-11(7-10)15(14)18(16)21/h5-6,8,10-11,14-15,17,20-21H,2-4,7H2,1H3/t10?,11?,14-,15+,17?/m1/s1. The number of aliphatic hydroxyl groups excluding tert-OH is 2. The normalized spacial score (nSPS) is 37.4. The van der Waals surface area contributed by atoms with Gasteiger partial charge in [-0.1, -0.05) is 28.9 Å². The number of benzene rings is 1. The van der Waals surface area contributed by atoms with Crippen molar-refractivity contribution in [3.8, 4) is 0 Å². The van der Waals surface area contributed by atoms with Crippen LogP contribution in [-0.4, -0.2) is 16.3 Å². The van der Waals surface area contributed by atoms with Crippen LogP contribution in [0.2, 0.25) is 0 Å². The molecule has 3 aliphatic carbocycles. The Hall–Kier alpha value is -0.800. The van der Waals surface area contributed by atoms with Crippen LogP contribution in [0.25, 0.3) is 5.57 Å². The summed E-state index contributed by atoms with van der Waals surface area (Å²) in [5.74, 6) is 2.13. The maximum absolute atomic E-state index is 10.9. The lowest BCUT2D eigenvalue weighted by Crippen LogP contribution is -2.28. The third-order valence-corrected chi connectivity index (χ3v) is 6.47. The zero-order chi connectivity index (χ0) is 14.7. The highest BCUT2D eigenvalue weighted by Gasteiger charge is 2.57. The fourth-order valence-electron chi connectivity index (χ4n) is 5.12. The third-order valence-electron chi connectivity index (χ3n) is 5.98. The minimum Gasteiger partial charge on any atom is -0.512 e. The van der Waals surface area contributed by atoms with E-state index in [1.807, 2.05) is 6.07 Å². The lowest BCUT2D eigenvalue weighted by atomic mass is 9.79. The smallest absolute Gasteiger partial charge is 0.102 e. The number of rotatable bonds is 2. The molecule has 0 heterocycles. The monoisotopic (exact) mass is 348 g/mol. The first kappa shape index (κ1) is 13.8. The molecule has 2 fully saturated rings. The number of allylic oxidation sites excluding steroid dienone is 1. The SMILES string of the molecule is CCc1ccc(Br)cc1C1=C(O)[C@H]2C3CCC(C3)[C@H]2C1O. The van der Waals surface area contributed by atoms with Gasteiger partial charge in [-0.15, -0.1) is 0 Å². The first-order chi connectivity index (χ1) is 10.1. The molecule has 0 saturated heterocycles. The minimum atomic E-state index is -0.495. The molecule has 0 spiro atoms. The quantitative estimate of drug-likeness (QED) is 0.835. The van der Waals surface area contributed by atoms with Gasteiger partial charge in [0.15, 0.2) is 0 Å². The molecule has 4 rings (SSSR count). The minimum absolute atomic E-state index is 0.206. The summed E-state index contributed by atoms with van der Waals surface area (Å²) in [5, 5.41) is 21.7. The highest BCUT2D eigenvalue weighted by Crippen LogP contribution is 2.61. The molecule has 2 bridgehead atoms. The van der Waals surface area contributed by atoms with Crippen LogP contribution in [-0.2, 0) is 6.42 Å². The summed E-state index contributed by atoms with van der Waals surface area (Å²) in [6, 6.07) is 6.18. The highest BCUT2D eigenvalue weighted by molar-refractivity contribution is 9.10. The lowest BCUT2D eigenvalue weighted by Gasteiger charge is -2.27. The number of aliphatic hydroxyl groups is 2. The van der Waals surface area contributed by atoms with Crippen molar-refractivity contribution in [1.29, 1.82) is 0 Å². The van der Waals surface area contributed by atoms with Crippen LogP contribution in [0.4, 0.5) is 0 Å². The van der Waals surface area contributed by atoms with E-state index >= 15 is 0 Å².